The minimum Gasteiger partial charge on any atom is -0.464 e. The average molecular weight is 273 g/mol. The number of nitrogens with zero attached hydrogens (tertiary/aromatic N) is 1. The number of nitrogens with one attached hydrogen (secondary N) is 2. The predicted molar refractivity (Wildman–Crippen MR) is 77.6 cm³/mol. The number of hydrogen-bond acceptors (Lipinski definition) is 4. The minimum absolute atomic E-state index is 0.243. The van der Waals surface area contributed by atoms with Crippen LogP contribution in [0.15, 0.2) is 36.7 Å². The van der Waals surface area contributed by atoms with Crippen LogP contribution in [-0.2, 0) is 16.0 Å². The van der Waals surface area contributed by atoms with Crippen molar-refractivity contribution in [2.45, 2.75) is 26.3 Å². The number of carbonyl (C=O) groups is 1. The predicted octanol–water partition coefficient (Wildman–Crippen LogP) is 2.36. The van der Waals surface area contributed by atoms with E-state index in [0.29, 0.717) is 6.61 Å². The molecule has 1 heterocycles. The van der Waals surface area contributed by atoms with Crippen LogP contribution in [0.3, 0.4) is 0 Å². The highest BCUT2D eigenvalue weighted by Crippen LogP contribution is 2.13. The fourth-order valence-corrected chi connectivity index (χ4v) is 1.88. The summed E-state index contributed by atoms with van der Waals surface area (Å²) in [5.74, 6) is 0.692. The Bertz CT molecular complexity index is 535. The zero-order chi connectivity index (χ0) is 14.4. The number of hydrogen-bond donors (Lipinski definition) is 2. The Kier molecular flexibility index (Phi) is 4.76. The molecule has 0 saturated heterocycles. The van der Waals surface area contributed by atoms with Gasteiger partial charge in [0.2, 0.25) is 0 Å². The summed E-state index contributed by atoms with van der Waals surface area (Å²) >= 11 is 0. The van der Waals surface area contributed by atoms with Crippen molar-refractivity contribution in [3.8, 4) is 0 Å². The lowest BCUT2D eigenvalue weighted by Gasteiger charge is -2.14. The summed E-state index contributed by atoms with van der Waals surface area (Å²) in [7, 11) is 0. The summed E-state index contributed by atoms with van der Waals surface area (Å²) in [4.78, 5) is 18.8. The van der Waals surface area contributed by atoms with Gasteiger partial charge in [0, 0.05) is 24.5 Å². The maximum atomic E-state index is 11.5. The molecule has 5 nitrogen and oxygen atoms in total. The number of H-pyrrole nitrogens is 1. The normalized spacial score (nSPS) is 11.9. The second-order valence-electron chi connectivity index (χ2n) is 4.53. The monoisotopic (exact) mass is 273 g/mol. The molecule has 0 bridgehead atoms. The quantitative estimate of drug-likeness (QED) is 0.793. The van der Waals surface area contributed by atoms with Gasteiger partial charge in [0.15, 0.2) is 0 Å². The third kappa shape index (κ3) is 3.85. The molecular weight excluding hydrogens is 254 g/mol. The van der Waals surface area contributed by atoms with Crippen LogP contribution in [0.1, 0.15) is 25.2 Å². The lowest BCUT2D eigenvalue weighted by molar-refractivity contribution is -0.143. The minimum atomic E-state index is -0.356. The maximum Gasteiger partial charge on any atom is 0.328 e. The highest BCUT2D eigenvalue weighted by molar-refractivity contribution is 5.78. The molecule has 2 aromatic rings. The average Bonchev–Trinajstić information content (AvgIpc) is 2.94. The summed E-state index contributed by atoms with van der Waals surface area (Å²) < 4.78 is 4.96. The molecule has 106 valence electrons. The smallest absolute Gasteiger partial charge is 0.328 e. The molecule has 1 atom stereocenters. The van der Waals surface area contributed by atoms with Gasteiger partial charge in [-0.05, 0) is 31.5 Å². The van der Waals surface area contributed by atoms with Crippen LogP contribution in [0.5, 0.6) is 0 Å². The number of rotatable bonds is 6. The van der Waals surface area contributed by atoms with E-state index in [1.54, 1.807) is 20.0 Å². The first-order valence-electron chi connectivity index (χ1n) is 6.69. The number of imidazole rings is 1. The number of benzene rings is 1. The van der Waals surface area contributed by atoms with Crippen LogP contribution >= 0.6 is 0 Å². The molecule has 0 aliphatic carbocycles. The lowest BCUT2D eigenvalue weighted by atomic mass is 10.1. The molecule has 0 unspecified atom stereocenters. The van der Waals surface area contributed by atoms with Gasteiger partial charge < -0.3 is 15.0 Å². The molecule has 0 fully saturated rings. The summed E-state index contributed by atoms with van der Waals surface area (Å²) in [5.41, 5.74) is 2.06. The van der Waals surface area contributed by atoms with Crippen LogP contribution in [0, 0.1) is 0 Å². The fourth-order valence-electron chi connectivity index (χ4n) is 1.88. The van der Waals surface area contributed by atoms with E-state index in [-0.39, 0.29) is 12.0 Å². The van der Waals surface area contributed by atoms with Crippen molar-refractivity contribution in [2.24, 2.45) is 0 Å². The lowest BCUT2D eigenvalue weighted by Crippen LogP contribution is -2.28. The topological polar surface area (TPSA) is 67.0 Å². The van der Waals surface area contributed by atoms with Crippen molar-refractivity contribution in [3.05, 3.63) is 48.0 Å². The van der Waals surface area contributed by atoms with Gasteiger partial charge in [-0.15, -0.1) is 0 Å². The Labute approximate surface area is 118 Å². The third-order valence-electron chi connectivity index (χ3n) is 2.90. The molecule has 5 heteroatoms. The number of aromatic nitrogens is 2. The van der Waals surface area contributed by atoms with Crippen LogP contribution in [0.25, 0.3) is 0 Å². The third-order valence-corrected chi connectivity index (χ3v) is 2.90. The van der Waals surface area contributed by atoms with E-state index in [1.165, 1.54) is 0 Å². The van der Waals surface area contributed by atoms with Crippen molar-refractivity contribution in [1.82, 2.24) is 9.97 Å². The summed E-state index contributed by atoms with van der Waals surface area (Å²) in [5, 5.41) is 3.11. The summed E-state index contributed by atoms with van der Waals surface area (Å²) in [6.07, 6.45) is 4.32. The van der Waals surface area contributed by atoms with Gasteiger partial charge in [-0.1, -0.05) is 12.1 Å². The molecule has 0 amide bonds. The zero-order valence-corrected chi connectivity index (χ0v) is 11.7. The highest BCUT2D eigenvalue weighted by Gasteiger charge is 2.13. The Morgan fingerprint density at radius 1 is 1.40 bits per heavy atom. The van der Waals surface area contributed by atoms with Gasteiger partial charge in [0.05, 0.1) is 6.61 Å². The molecule has 2 N–H and O–H groups in total. The Hall–Kier alpha value is -2.30. The largest absolute Gasteiger partial charge is 0.464 e. The number of aromatic amines is 1. The number of carbonyl (C=O) groups excluding carboxylic acids is 1. The van der Waals surface area contributed by atoms with E-state index in [0.717, 1.165) is 23.5 Å². The fraction of sp³-hybridized carbons (Fsp3) is 0.333. The number of ether oxygens (including phenoxy) is 1. The maximum absolute atomic E-state index is 11.5. The van der Waals surface area contributed by atoms with Gasteiger partial charge >= 0.3 is 5.97 Å². The van der Waals surface area contributed by atoms with Crippen molar-refractivity contribution in [2.75, 3.05) is 11.9 Å². The molecule has 20 heavy (non-hydrogen) atoms. The molecule has 2 rings (SSSR count). The van der Waals surface area contributed by atoms with E-state index in [2.05, 4.69) is 15.3 Å². The first-order valence-corrected chi connectivity index (χ1v) is 6.69. The Morgan fingerprint density at radius 2 is 2.15 bits per heavy atom. The Morgan fingerprint density at radius 3 is 2.75 bits per heavy atom. The van der Waals surface area contributed by atoms with Crippen molar-refractivity contribution >= 4 is 11.7 Å². The SMILES string of the molecule is CCOC(=O)[C@H](C)Nc1ccc(Cc2ncc[nH]2)cc1. The van der Waals surface area contributed by atoms with Gasteiger partial charge in [-0.2, -0.15) is 0 Å². The summed E-state index contributed by atoms with van der Waals surface area (Å²) in [6.45, 7) is 3.98. The molecule has 1 aromatic carbocycles. The van der Waals surface area contributed by atoms with Crippen molar-refractivity contribution in [1.29, 1.82) is 0 Å². The standard InChI is InChI=1S/C15H19N3O2/c1-3-20-15(19)11(2)18-13-6-4-12(5-7-13)10-14-16-8-9-17-14/h4-9,11,18H,3,10H2,1-2H3,(H,16,17)/t11-/m0/s1. The van der Waals surface area contributed by atoms with Gasteiger partial charge in [0.1, 0.15) is 11.9 Å². The number of esters is 1. The van der Waals surface area contributed by atoms with Gasteiger partial charge in [-0.3, -0.25) is 0 Å². The second-order valence-corrected chi connectivity index (χ2v) is 4.53. The van der Waals surface area contributed by atoms with E-state index in [1.807, 2.05) is 30.5 Å². The van der Waals surface area contributed by atoms with Crippen LogP contribution in [-0.4, -0.2) is 28.6 Å². The number of anilines is 1. The van der Waals surface area contributed by atoms with Crippen molar-refractivity contribution in [3.63, 3.8) is 0 Å². The van der Waals surface area contributed by atoms with Gasteiger partial charge in [0.25, 0.3) is 0 Å². The second kappa shape index (κ2) is 6.75. The van der Waals surface area contributed by atoms with Crippen molar-refractivity contribution < 1.29 is 9.53 Å². The molecule has 1 aromatic heterocycles. The molecular formula is C15H19N3O2. The van der Waals surface area contributed by atoms with Crippen LogP contribution in [0.4, 0.5) is 5.69 Å². The Balaban J connectivity index is 1.92. The zero-order valence-electron chi connectivity index (χ0n) is 11.7. The molecule has 0 saturated carbocycles. The van der Waals surface area contributed by atoms with E-state index < -0.39 is 0 Å². The first-order chi connectivity index (χ1) is 9.69. The molecule has 0 spiro atoms. The van der Waals surface area contributed by atoms with E-state index >= 15 is 0 Å². The van der Waals surface area contributed by atoms with E-state index in [4.69, 9.17) is 4.74 Å². The van der Waals surface area contributed by atoms with Crippen LogP contribution < -0.4 is 5.32 Å². The summed E-state index contributed by atoms with van der Waals surface area (Å²) in [6, 6.07) is 7.58. The molecule has 0 aliphatic heterocycles. The molecule has 0 aliphatic rings. The first kappa shape index (κ1) is 14.1. The molecule has 0 radical (unpaired) electrons. The highest BCUT2D eigenvalue weighted by atomic mass is 16.5. The van der Waals surface area contributed by atoms with Crippen LogP contribution in [0.2, 0.25) is 0 Å². The van der Waals surface area contributed by atoms with E-state index in [9.17, 15) is 4.79 Å². The van der Waals surface area contributed by atoms with Gasteiger partial charge in [-0.25, -0.2) is 9.78 Å².